The zero-order chi connectivity index (χ0) is 12.6. The van der Waals surface area contributed by atoms with Crippen LogP contribution in [-0.4, -0.2) is 12.3 Å². The van der Waals surface area contributed by atoms with Crippen LogP contribution < -0.4 is 4.74 Å². The van der Waals surface area contributed by atoms with Crippen LogP contribution in [0.1, 0.15) is 11.1 Å². The van der Waals surface area contributed by atoms with Crippen LogP contribution in [-0.2, 0) is 0 Å². The van der Waals surface area contributed by atoms with E-state index in [1.165, 1.54) is 18.2 Å². The molecule has 88 valence electrons. The van der Waals surface area contributed by atoms with Crippen molar-refractivity contribution in [1.29, 1.82) is 0 Å². The zero-order valence-corrected chi connectivity index (χ0v) is 9.14. The lowest BCUT2D eigenvalue weighted by Gasteiger charge is -2.24. The molecule has 0 aliphatic carbocycles. The van der Waals surface area contributed by atoms with Crippen LogP contribution in [0.25, 0.3) is 6.08 Å². The minimum absolute atomic E-state index is 0.0433. The monoisotopic (exact) mass is 258 g/mol. The maximum absolute atomic E-state index is 12.5. The van der Waals surface area contributed by atoms with Gasteiger partial charge in [0, 0.05) is 10.6 Å². The fourth-order valence-corrected chi connectivity index (χ4v) is 1.74. The molecule has 0 spiro atoms. The summed E-state index contributed by atoms with van der Waals surface area (Å²) in [6.45, 7) is 0. The molecule has 0 aromatic heterocycles. The fourth-order valence-electron chi connectivity index (χ4n) is 1.51. The van der Waals surface area contributed by atoms with Gasteiger partial charge in [0.2, 0.25) is 6.10 Å². The predicted molar refractivity (Wildman–Crippen MR) is 58.9 cm³/mol. The lowest BCUT2D eigenvalue weighted by Crippen LogP contribution is -2.34. The minimum Gasteiger partial charge on any atom is -0.475 e. The standard InChI is InChI=1S/C12H6ClF3O/c1-2-7-5-9(13)6-8-3-4-10(12(14,15)16)17-11(7)8/h1,3-6,10H. The van der Waals surface area contributed by atoms with Gasteiger partial charge >= 0.3 is 6.18 Å². The van der Waals surface area contributed by atoms with E-state index in [4.69, 9.17) is 22.8 Å². The van der Waals surface area contributed by atoms with Gasteiger partial charge in [-0.3, -0.25) is 0 Å². The van der Waals surface area contributed by atoms with Crippen LogP contribution >= 0.6 is 11.6 Å². The molecule has 17 heavy (non-hydrogen) atoms. The van der Waals surface area contributed by atoms with Crippen LogP contribution in [0.2, 0.25) is 5.02 Å². The Kier molecular flexibility index (Phi) is 2.80. The number of benzene rings is 1. The number of fused-ring (bicyclic) bond motifs is 1. The van der Waals surface area contributed by atoms with Gasteiger partial charge in [-0.15, -0.1) is 6.42 Å². The molecular formula is C12H6ClF3O. The number of halogens is 4. The van der Waals surface area contributed by atoms with Crippen LogP contribution in [0, 0.1) is 12.3 Å². The highest BCUT2D eigenvalue weighted by Crippen LogP contribution is 2.36. The van der Waals surface area contributed by atoms with Crippen molar-refractivity contribution in [2.45, 2.75) is 12.3 Å². The van der Waals surface area contributed by atoms with Crippen molar-refractivity contribution in [2.75, 3.05) is 0 Å². The molecule has 1 aromatic rings. The topological polar surface area (TPSA) is 9.23 Å². The van der Waals surface area contributed by atoms with E-state index in [-0.39, 0.29) is 11.3 Å². The van der Waals surface area contributed by atoms with E-state index in [9.17, 15) is 13.2 Å². The van der Waals surface area contributed by atoms with Gasteiger partial charge in [0.05, 0.1) is 5.56 Å². The summed E-state index contributed by atoms with van der Waals surface area (Å²) in [6.07, 6.45) is 1.01. The Morgan fingerprint density at radius 2 is 2.06 bits per heavy atom. The first-order chi connectivity index (χ1) is 7.91. The number of rotatable bonds is 0. The van der Waals surface area contributed by atoms with Crippen molar-refractivity contribution < 1.29 is 17.9 Å². The third kappa shape index (κ3) is 2.25. The molecule has 0 radical (unpaired) electrons. The van der Waals surface area contributed by atoms with Crippen LogP contribution in [0.5, 0.6) is 5.75 Å². The van der Waals surface area contributed by atoms with Crippen molar-refractivity contribution in [3.63, 3.8) is 0 Å². The molecule has 0 N–H and O–H groups in total. The summed E-state index contributed by atoms with van der Waals surface area (Å²) in [4.78, 5) is 0. The Balaban J connectivity index is 2.48. The van der Waals surface area contributed by atoms with Crippen molar-refractivity contribution in [2.24, 2.45) is 0 Å². The van der Waals surface area contributed by atoms with Gasteiger partial charge in [-0.1, -0.05) is 23.6 Å². The third-order valence-electron chi connectivity index (χ3n) is 2.26. The molecule has 1 heterocycles. The van der Waals surface area contributed by atoms with Gasteiger partial charge in [0.1, 0.15) is 5.75 Å². The fraction of sp³-hybridized carbons (Fsp3) is 0.167. The smallest absolute Gasteiger partial charge is 0.429 e. The summed E-state index contributed by atoms with van der Waals surface area (Å²) < 4.78 is 42.3. The van der Waals surface area contributed by atoms with E-state index < -0.39 is 12.3 Å². The highest BCUT2D eigenvalue weighted by atomic mass is 35.5. The number of hydrogen-bond donors (Lipinski definition) is 0. The molecule has 0 amide bonds. The number of ether oxygens (including phenoxy) is 1. The number of terminal acetylenes is 1. The maximum atomic E-state index is 12.5. The van der Waals surface area contributed by atoms with E-state index in [2.05, 4.69) is 5.92 Å². The van der Waals surface area contributed by atoms with Crippen molar-refractivity contribution >= 4 is 17.7 Å². The molecule has 0 saturated carbocycles. The van der Waals surface area contributed by atoms with Gasteiger partial charge in [-0.05, 0) is 18.2 Å². The summed E-state index contributed by atoms with van der Waals surface area (Å²) in [5.41, 5.74) is 0.664. The van der Waals surface area contributed by atoms with Crippen molar-refractivity contribution in [3.05, 3.63) is 34.4 Å². The van der Waals surface area contributed by atoms with Crippen molar-refractivity contribution in [3.8, 4) is 18.1 Å². The molecule has 0 fully saturated rings. The van der Waals surface area contributed by atoms with Gasteiger partial charge in [-0.2, -0.15) is 13.2 Å². The summed E-state index contributed by atoms with van der Waals surface area (Å²) in [6, 6.07) is 2.90. The van der Waals surface area contributed by atoms with E-state index in [1.807, 2.05) is 0 Å². The van der Waals surface area contributed by atoms with Crippen LogP contribution in [0.4, 0.5) is 13.2 Å². The van der Waals surface area contributed by atoms with Gasteiger partial charge < -0.3 is 4.74 Å². The summed E-state index contributed by atoms with van der Waals surface area (Å²) in [5, 5.41) is 0.357. The Labute approximate surface area is 101 Å². The number of alkyl halides is 3. The summed E-state index contributed by atoms with van der Waals surface area (Å²) in [7, 11) is 0. The SMILES string of the molecule is C#Cc1cc(Cl)cc2c1OC(C(F)(F)F)C=C2. The highest BCUT2D eigenvalue weighted by molar-refractivity contribution is 6.31. The lowest BCUT2D eigenvalue weighted by molar-refractivity contribution is -0.180. The molecule has 0 bridgehead atoms. The normalized spacial score (nSPS) is 18.2. The number of hydrogen-bond acceptors (Lipinski definition) is 1. The van der Waals surface area contributed by atoms with Crippen LogP contribution in [0.15, 0.2) is 18.2 Å². The average molecular weight is 259 g/mol. The summed E-state index contributed by atoms with van der Waals surface area (Å²) in [5.74, 6) is 2.30. The second kappa shape index (κ2) is 4.01. The van der Waals surface area contributed by atoms with Gasteiger partial charge in [0.15, 0.2) is 0 Å². The van der Waals surface area contributed by atoms with E-state index >= 15 is 0 Å². The second-order valence-electron chi connectivity index (χ2n) is 3.46. The first-order valence-corrected chi connectivity index (χ1v) is 5.01. The third-order valence-corrected chi connectivity index (χ3v) is 2.47. The molecule has 1 atom stereocenters. The first kappa shape index (κ1) is 11.9. The zero-order valence-electron chi connectivity index (χ0n) is 8.38. The Morgan fingerprint density at radius 3 is 2.65 bits per heavy atom. The highest BCUT2D eigenvalue weighted by Gasteiger charge is 2.41. The quantitative estimate of drug-likeness (QED) is 0.646. The Morgan fingerprint density at radius 1 is 1.35 bits per heavy atom. The largest absolute Gasteiger partial charge is 0.475 e. The molecular weight excluding hydrogens is 253 g/mol. The van der Waals surface area contributed by atoms with Crippen molar-refractivity contribution in [1.82, 2.24) is 0 Å². The van der Waals surface area contributed by atoms with E-state index in [0.717, 1.165) is 6.08 Å². The van der Waals surface area contributed by atoms with Crippen LogP contribution in [0.3, 0.4) is 0 Å². The molecule has 0 saturated heterocycles. The molecule has 1 aliphatic heterocycles. The maximum Gasteiger partial charge on any atom is 0.429 e. The van der Waals surface area contributed by atoms with E-state index in [0.29, 0.717) is 10.6 Å². The Bertz CT molecular complexity index is 526. The van der Waals surface area contributed by atoms with Gasteiger partial charge in [-0.25, -0.2) is 0 Å². The molecule has 1 unspecified atom stereocenters. The molecule has 5 heteroatoms. The molecule has 1 aliphatic rings. The molecule has 1 aromatic carbocycles. The minimum atomic E-state index is -4.46. The molecule has 1 nitrogen and oxygen atoms in total. The summed E-state index contributed by atoms with van der Waals surface area (Å²) >= 11 is 5.78. The predicted octanol–water partition coefficient (Wildman–Crippen LogP) is 3.66. The first-order valence-electron chi connectivity index (χ1n) is 4.63. The Hall–Kier alpha value is -1.60. The second-order valence-corrected chi connectivity index (χ2v) is 3.89. The van der Waals surface area contributed by atoms with Gasteiger partial charge in [0.25, 0.3) is 0 Å². The van der Waals surface area contributed by atoms with E-state index in [1.54, 1.807) is 0 Å². The molecule has 2 rings (SSSR count). The lowest BCUT2D eigenvalue weighted by atomic mass is 10.1. The average Bonchev–Trinajstić information content (AvgIpc) is 2.25.